The highest BCUT2D eigenvalue weighted by Gasteiger charge is 2.41. The second-order valence-electron chi connectivity index (χ2n) is 9.17. The van der Waals surface area contributed by atoms with Gasteiger partial charge in [-0.25, -0.2) is 13.2 Å². The molecule has 1 fully saturated rings. The molecule has 1 heterocycles. The molecule has 1 saturated carbocycles. The fourth-order valence-corrected chi connectivity index (χ4v) is 5.14. The van der Waals surface area contributed by atoms with Crippen molar-refractivity contribution in [3.63, 3.8) is 0 Å². The number of nitrogens with one attached hydrogen (secondary N) is 2. The van der Waals surface area contributed by atoms with Crippen LogP contribution in [0.25, 0.3) is 0 Å². The molecule has 2 N–H and O–H groups in total. The summed E-state index contributed by atoms with van der Waals surface area (Å²) in [6.07, 6.45) is 4.76. The van der Waals surface area contributed by atoms with Crippen LogP contribution in [0.15, 0.2) is 48.5 Å². The predicted octanol–water partition coefficient (Wildman–Crippen LogP) is 7.13. The van der Waals surface area contributed by atoms with E-state index >= 15 is 0 Å². The molecule has 4 nitrogen and oxygen atoms in total. The molecular formula is C27H23ClF3N3O. The zero-order valence-electron chi connectivity index (χ0n) is 18.8. The largest absolute Gasteiger partial charge is 0.493 e. The smallest absolute Gasteiger partial charge is 0.161 e. The number of hydrogen-bond acceptors (Lipinski definition) is 4. The first-order valence-corrected chi connectivity index (χ1v) is 11.9. The number of halogens is 4. The molecule has 1 aliphatic carbocycles. The number of hydrogen-bond donors (Lipinski definition) is 2. The quantitative estimate of drug-likeness (QED) is 0.380. The molecule has 35 heavy (non-hydrogen) atoms. The van der Waals surface area contributed by atoms with Crippen molar-refractivity contribution in [3.8, 4) is 11.8 Å². The van der Waals surface area contributed by atoms with E-state index in [1.165, 1.54) is 25.0 Å². The third kappa shape index (κ3) is 4.63. The van der Waals surface area contributed by atoms with Crippen molar-refractivity contribution >= 4 is 23.0 Å². The SMILES string of the molecule is N#Cc1ccc(CC2(c3ccc(Cl)cc3OCC3CCCC3)Nc3cc(F)c(F)cc3N2)cc1F. The van der Waals surface area contributed by atoms with Crippen LogP contribution in [0, 0.1) is 34.7 Å². The molecule has 0 amide bonds. The minimum Gasteiger partial charge on any atom is -0.493 e. The second-order valence-corrected chi connectivity index (χ2v) is 9.61. The molecule has 8 heteroatoms. The van der Waals surface area contributed by atoms with E-state index in [0.29, 0.717) is 45.8 Å². The lowest BCUT2D eigenvalue weighted by molar-refractivity contribution is 0.247. The number of rotatable bonds is 6. The normalized spacial score (nSPS) is 16.3. The second kappa shape index (κ2) is 9.35. The maximum Gasteiger partial charge on any atom is 0.161 e. The van der Waals surface area contributed by atoms with E-state index in [4.69, 9.17) is 21.6 Å². The maximum absolute atomic E-state index is 14.4. The summed E-state index contributed by atoms with van der Waals surface area (Å²) >= 11 is 6.31. The third-order valence-corrected chi connectivity index (χ3v) is 6.97. The first kappa shape index (κ1) is 23.4. The lowest BCUT2D eigenvalue weighted by Crippen LogP contribution is -2.41. The summed E-state index contributed by atoms with van der Waals surface area (Å²) in [4.78, 5) is 0. The van der Waals surface area contributed by atoms with Crippen LogP contribution in [0.4, 0.5) is 24.5 Å². The summed E-state index contributed by atoms with van der Waals surface area (Å²) < 4.78 is 48.8. The van der Waals surface area contributed by atoms with Crippen molar-refractivity contribution in [2.45, 2.75) is 37.8 Å². The van der Waals surface area contributed by atoms with Gasteiger partial charge in [-0.05, 0) is 54.7 Å². The molecule has 3 aromatic carbocycles. The average molecular weight is 498 g/mol. The summed E-state index contributed by atoms with van der Waals surface area (Å²) in [5.41, 5.74) is 0.811. The monoisotopic (exact) mass is 497 g/mol. The van der Waals surface area contributed by atoms with Crippen molar-refractivity contribution in [2.75, 3.05) is 17.2 Å². The first-order valence-electron chi connectivity index (χ1n) is 11.5. The van der Waals surface area contributed by atoms with Crippen LogP contribution in [-0.4, -0.2) is 6.61 Å². The maximum atomic E-state index is 14.4. The van der Waals surface area contributed by atoms with Crippen LogP contribution >= 0.6 is 11.6 Å². The highest BCUT2D eigenvalue weighted by Crippen LogP contribution is 2.46. The van der Waals surface area contributed by atoms with Gasteiger partial charge in [0.15, 0.2) is 11.6 Å². The molecule has 0 aromatic heterocycles. The first-order chi connectivity index (χ1) is 16.9. The Balaban J connectivity index is 1.57. The Bertz CT molecular complexity index is 1290. The molecule has 3 aromatic rings. The van der Waals surface area contributed by atoms with Gasteiger partial charge in [0.2, 0.25) is 0 Å². The van der Waals surface area contributed by atoms with Gasteiger partial charge in [0.05, 0.1) is 23.5 Å². The lowest BCUT2D eigenvalue weighted by Gasteiger charge is -2.33. The fraction of sp³-hybridized carbons (Fsp3) is 0.296. The van der Waals surface area contributed by atoms with Gasteiger partial charge in [-0.2, -0.15) is 5.26 Å². The van der Waals surface area contributed by atoms with Gasteiger partial charge in [0.1, 0.15) is 23.3 Å². The summed E-state index contributed by atoms with van der Waals surface area (Å²) in [6.45, 7) is 0.533. The highest BCUT2D eigenvalue weighted by molar-refractivity contribution is 6.30. The average Bonchev–Trinajstić information content (AvgIpc) is 3.46. The number of nitrogens with zero attached hydrogens (tertiary/aromatic N) is 1. The third-order valence-electron chi connectivity index (χ3n) is 6.73. The topological polar surface area (TPSA) is 57.1 Å². The summed E-state index contributed by atoms with van der Waals surface area (Å²) in [5, 5.41) is 16.2. The van der Waals surface area contributed by atoms with E-state index in [9.17, 15) is 13.2 Å². The minimum atomic E-state index is -1.11. The summed E-state index contributed by atoms with van der Waals surface area (Å²) in [6, 6.07) is 13.6. The molecule has 2 aliphatic rings. The summed E-state index contributed by atoms with van der Waals surface area (Å²) in [5.74, 6) is -1.61. The molecule has 0 bridgehead atoms. The molecule has 180 valence electrons. The Labute approximate surface area is 206 Å². The zero-order chi connectivity index (χ0) is 24.6. The van der Waals surface area contributed by atoms with E-state index in [-0.39, 0.29) is 12.0 Å². The van der Waals surface area contributed by atoms with Gasteiger partial charge >= 0.3 is 0 Å². The number of benzene rings is 3. The van der Waals surface area contributed by atoms with Crippen molar-refractivity contribution in [2.24, 2.45) is 5.92 Å². The van der Waals surface area contributed by atoms with Crippen molar-refractivity contribution < 1.29 is 17.9 Å². The van der Waals surface area contributed by atoms with Gasteiger partial charge in [0, 0.05) is 29.1 Å². The van der Waals surface area contributed by atoms with E-state index in [2.05, 4.69) is 10.6 Å². The van der Waals surface area contributed by atoms with Gasteiger partial charge in [-0.1, -0.05) is 30.5 Å². The molecule has 0 spiro atoms. The number of anilines is 2. The van der Waals surface area contributed by atoms with Gasteiger partial charge in [-0.15, -0.1) is 0 Å². The Kier molecular flexibility index (Phi) is 6.24. The van der Waals surface area contributed by atoms with Crippen molar-refractivity contribution in [1.29, 1.82) is 5.26 Å². The van der Waals surface area contributed by atoms with E-state index in [1.807, 2.05) is 6.07 Å². The minimum absolute atomic E-state index is 0.0605. The van der Waals surface area contributed by atoms with Crippen LogP contribution in [-0.2, 0) is 12.1 Å². The Morgan fingerprint density at radius 1 is 0.943 bits per heavy atom. The molecule has 0 radical (unpaired) electrons. The molecule has 0 saturated heterocycles. The zero-order valence-corrected chi connectivity index (χ0v) is 19.6. The van der Waals surface area contributed by atoms with Crippen LogP contribution in [0.2, 0.25) is 5.02 Å². The molecule has 5 rings (SSSR count). The summed E-state index contributed by atoms with van der Waals surface area (Å²) in [7, 11) is 0. The number of ether oxygens (including phenoxy) is 1. The molecule has 0 atom stereocenters. The highest BCUT2D eigenvalue weighted by atomic mass is 35.5. The van der Waals surface area contributed by atoms with E-state index in [1.54, 1.807) is 24.3 Å². The van der Waals surface area contributed by atoms with Crippen LogP contribution < -0.4 is 15.4 Å². The fourth-order valence-electron chi connectivity index (χ4n) is 4.98. The van der Waals surface area contributed by atoms with Crippen LogP contribution in [0.3, 0.4) is 0 Å². The number of fused-ring (bicyclic) bond motifs is 1. The van der Waals surface area contributed by atoms with Crippen LogP contribution in [0.5, 0.6) is 5.75 Å². The van der Waals surface area contributed by atoms with Crippen LogP contribution in [0.1, 0.15) is 42.4 Å². The van der Waals surface area contributed by atoms with Gasteiger partial charge in [-0.3, -0.25) is 0 Å². The van der Waals surface area contributed by atoms with E-state index < -0.39 is 23.1 Å². The Morgan fingerprint density at radius 2 is 1.63 bits per heavy atom. The van der Waals surface area contributed by atoms with E-state index in [0.717, 1.165) is 25.0 Å². The molecular weight excluding hydrogens is 475 g/mol. The molecule has 0 unspecified atom stereocenters. The standard InChI is InChI=1S/C27H23ClF3N3O/c28-19-7-8-20(26(10-19)35-15-16-3-1-2-4-16)27(13-17-5-6-18(14-32)21(29)9-17)33-24-11-22(30)23(31)12-25(24)34-27/h5-12,16,33-34H,1-4,13,15H2. The Morgan fingerprint density at radius 3 is 2.26 bits per heavy atom. The van der Waals surface area contributed by atoms with Crippen molar-refractivity contribution in [3.05, 3.63) is 87.7 Å². The van der Waals surface area contributed by atoms with Crippen molar-refractivity contribution in [1.82, 2.24) is 0 Å². The predicted molar refractivity (Wildman–Crippen MR) is 129 cm³/mol. The number of nitriles is 1. The lowest BCUT2D eigenvalue weighted by atomic mass is 9.91. The molecule has 1 aliphatic heterocycles. The van der Waals surface area contributed by atoms with Gasteiger partial charge < -0.3 is 15.4 Å². The Hall–Kier alpha value is -3.37. The van der Waals surface area contributed by atoms with Gasteiger partial charge in [0.25, 0.3) is 0 Å².